The summed E-state index contributed by atoms with van der Waals surface area (Å²) < 4.78 is 0. The van der Waals surface area contributed by atoms with Crippen LogP contribution in [-0.4, -0.2) is 61.0 Å². The van der Waals surface area contributed by atoms with E-state index < -0.39 is 0 Å². The Labute approximate surface area is 104 Å². The molecule has 0 radical (unpaired) electrons. The maximum Gasteiger partial charge on any atom is 0.236 e. The summed E-state index contributed by atoms with van der Waals surface area (Å²) in [7, 11) is 0. The lowest BCUT2D eigenvalue weighted by molar-refractivity contribution is -0.133. The van der Waals surface area contributed by atoms with Crippen molar-refractivity contribution >= 4 is 5.91 Å². The van der Waals surface area contributed by atoms with Crippen LogP contribution < -0.4 is 5.32 Å². The maximum atomic E-state index is 12.2. The molecular formula is C13H25N3O. The fourth-order valence-corrected chi connectivity index (χ4v) is 2.71. The van der Waals surface area contributed by atoms with Crippen LogP contribution in [0.25, 0.3) is 0 Å². The standard InChI is InChI=1S/C13H25N3O/c1-12-10-14-6-9-16(12)11-13(17)15-7-4-2-3-5-8-15/h12,14H,2-11H2,1H3. The Balaban J connectivity index is 1.82. The van der Waals surface area contributed by atoms with Crippen molar-refractivity contribution in [3.8, 4) is 0 Å². The average Bonchev–Trinajstić information content (AvgIpc) is 2.61. The van der Waals surface area contributed by atoms with Gasteiger partial charge >= 0.3 is 0 Å². The average molecular weight is 239 g/mol. The van der Waals surface area contributed by atoms with Gasteiger partial charge in [0.2, 0.25) is 5.91 Å². The molecule has 0 aromatic rings. The minimum atomic E-state index is 0.334. The number of hydrogen-bond acceptors (Lipinski definition) is 3. The van der Waals surface area contributed by atoms with Crippen molar-refractivity contribution in [3.05, 3.63) is 0 Å². The van der Waals surface area contributed by atoms with Gasteiger partial charge in [0.25, 0.3) is 0 Å². The van der Waals surface area contributed by atoms with Gasteiger partial charge in [-0.15, -0.1) is 0 Å². The SMILES string of the molecule is CC1CNCCN1CC(=O)N1CCCCCC1. The lowest BCUT2D eigenvalue weighted by atomic mass is 10.2. The second-order valence-corrected chi connectivity index (χ2v) is 5.32. The Bertz CT molecular complexity index is 249. The highest BCUT2D eigenvalue weighted by Gasteiger charge is 2.23. The molecule has 4 nitrogen and oxygen atoms in total. The number of nitrogens with one attached hydrogen (secondary N) is 1. The molecule has 1 unspecified atom stereocenters. The summed E-state index contributed by atoms with van der Waals surface area (Å²) in [6.45, 7) is 7.77. The van der Waals surface area contributed by atoms with Gasteiger partial charge in [-0.05, 0) is 19.8 Å². The molecule has 2 aliphatic heterocycles. The van der Waals surface area contributed by atoms with E-state index in [1.807, 2.05) is 0 Å². The molecule has 0 bridgehead atoms. The van der Waals surface area contributed by atoms with Crippen molar-refractivity contribution in [2.24, 2.45) is 0 Å². The summed E-state index contributed by atoms with van der Waals surface area (Å²) >= 11 is 0. The first-order chi connectivity index (χ1) is 8.27. The monoisotopic (exact) mass is 239 g/mol. The summed E-state index contributed by atoms with van der Waals surface area (Å²) in [4.78, 5) is 16.6. The minimum absolute atomic E-state index is 0.334. The molecule has 98 valence electrons. The van der Waals surface area contributed by atoms with Crippen LogP contribution in [0.4, 0.5) is 0 Å². The van der Waals surface area contributed by atoms with Crippen LogP contribution in [0.1, 0.15) is 32.6 Å². The highest BCUT2D eigenvalue weighted by molar-refractivity contribution is 5.78. The van der Waals surface area contributed by atoms with E-state index in [1.165, 1.54) is 25.7 Å². The van der Waals surface area contributed by atoms with Gasteiger partial charge in [-0.1, -0.05) is 12.8 Å². The Morgan fingerprint density at radius 1 is 1.18 bits per heavy atom. The summed E-state index contributed by atoms with van der Waals surface area (Å²) in [6.07, 6.45) is 4.94. The van der Waals surface area contributed by atoms with E-state index in [0.29, 0.717) is 18.5 Å². The molecule has 1 atom stereocenters. The molecule has 17 heavy (non-hydrogen) atoms. The number of rotatable bonds is 2. The fraction of sp³-hybridized carbons (Fsp3) is 0.923. The largest absolute Gasteiger partial charge is 0.342 e. The van der Waals surface area contributed by atoms with Crippen LogP contribution in [0.2, 0.25) is 0 Å². The molecule has 4 heteroatoms. The number of piperazine rings is 1. The van der Waals surface area contributed by atoms with Crippen molar-refractivity contribution in [1.29, 1.82) is 0 Å². The topological polar surface area (TPSA) is 35.6 Å². The molecule has 2 rings (SSSR count). The molecule has 0 aromatic carbocycles. The molecule has 2 aliphatic rings. The third kappa shape index (κ3) is 3.68. The predicted molar refractivity (Wildman–Crippen MR) is 69.0 cm³/mol. The van der Waals surface area contributed by atoms with Crippen LogP contribution >= 0.6 is 0 Å². The first-order valence-electron chi connectivity index (χ1n) is 7.00. The van der Waals surface area contributed by atoms with E-state index in [0.717, 1.165) is 32.7 Å². The molecule has 1 N–H and O–H groups in total. The zero-order valence-electron chi connectivity index (χ0n) is 11.0. The Kier molecular flexibility index (Phi) is 4.80. The van der Waals surface area contributed by atoms with Gasteiger partial charge in [0.05, 0.1) is 6.54 Å². The van der Waals surface area contributed by atoms with E-state index in [-0.39, 0.29) is 0 Å². The van der Waals surface area contributed by atoms with Gasteiger partial charge in [-0.25, -0.2) is 0 Å². The van der Waals surface area contributed by atoms with Gasteiger partial charge in [0, 0.05) is 38.8 Å². The van der Waals surface area contributed by atoms with E-state index in [4.69, 9.17) is 0 Å². The zero-order valence-corrected chi connectivity index (χ0v) is 11.0. The molecule has 0 saturated carbocycles. The van der Waals surface area contributed by atoms with Crippen molar-refractivity contribution < 1.29 is 4.79 Å². The van der Waals surface area contributed by atoms with Crippen LogP contribution in [0, 0.1) is 0 Å². The molecule has 1 amide bonds. The Morgan fingerprint density at radius 3 is 2.53 bits per heavy atom. The number of amides is 1. The maximum absolute atomic E-state index is 12.2. The second kappa shape index (κ2) is 6.36. The summed E-state index contributed by atoms with van der Waals surface area (Å²) in [5, 5.41) is 3.36. The number of carbonyl (C=O) groups is 1. The number of hydrogen-bond donors (Lipinski definition) is 1. The minimum Gasteiger partial charge on any atom is -0.342 e. The third-order valence-corrected chi connectivity index (χ3v) is 3.94. The Morgan fingerprint density at radius 2 is 1.88 bits per heavy atom. The molecule has 0 spiro atoms. The molecule has 2 saturated heterocycles. The molecule has 0 aromatic heterocycles. The highest BCUT2D eigenvalue weighted by Crippen LogP contribution is 2.11. The molecule has 2 heterocycles. The number of nitrogens with zero attached hydrogens (tertiary/aromatic N) is 2. The second-order valence-electron chi connectivity index (χ2n) is 5.32. The molecule has 0 aliphatic carbocycles. The lowest BCUT2D eigenvalue weighted by Crippen LogP contribution is -2.53. The van der Waals surface area contributed by atoms with Gasteiger partial charge in [0.15, 0.2) is 0 Å². The first kappa shape index (κ1) is 12.8. The van der Waals surface area contributed by atoms with Crippen molar-refractivity contribution in [3.63, 3.8) is 0 Å². The van der Waals surface area contributed by atoms with Gasteiger partial charge in [0.1, 0.15) is 0 Å². The lowest BCUT2D eigenvalue weighted by Gasteiger charge is -2.34. The summed E-state index contributed by atoms with van der Waals surface area (Å²) in [5.74, 6) is 0.334. The smallest absolute Gasteiger partial charge is 0.236 e. The predicted octanol–water partition coefficient (Wildman–Crippen LogP) is 0.683. The summed E-state index contributed by atoms with van der Waals surface area (Å²) in [6, 6.07) is 0.486. The Hall–Kier alpha value is -0.610. The van der Waals surface area contributed by atoms with Crippen molar-refractivity contribution in [2.45, 2.75) is 38.6 Å². The van der Waals surface area contributed by atoms with E-state index in [2.05, 4.69) is 22.0 Å². The van der Waals surface area contributed by atoms with Crippen molar-refractivity contribution in [2.75, 3.05) is 39.3 Å². The fourth-order valence-electron chi connectivity index (χ4n) is 2.71. The van der Waals surface area contributed by atoms with Gasteiger partial charge in [-0.2, -0.15) is 0 Å². The van der Waals surface area contributed by atoms with Crippen LogP contribution in [-0.2, 0) is 4.79 Å². The highest BCUT2D eigenvalue weighted by atomic mass is 16.2. The summed E-state index contributed by atoms with van der Waals surface area (Å²) in [5.41, 5.74) is 0. The molecular weight excluding hydrogens is 214 g/mol. The van der Waals surface area contributed by atoms with Crippen LogP contribution in [0.3, 0.4) is 0 Å². The van der Waals surface area contributed by atoms with Gasteiger partial charge < -0.3 is 10.2 Å². The normalized spacial score (nSPS) is 27.8. The first-order valence-corrected chi connectivity index (χ1v) is 7.00. The molecule has 2 fully saturated rings. The van der Waals surface area contributed by atoms with Gasteiger partial charge in [-0.3, -0.25) is 9.69 Å². The van der Waals surface area contributed by atoms with E-state index in [9.17, 15) is 4.79 Å². The van der Waals surface area contributed by atoms with E-state index >= 15 is 0 Å². The zero-order chi connectivity index (χ0) is 12.1. The van der Waals surface area contributed by atoms with E-state index in [1.54, 1.807) is 0 Å². The van der Waals surface area contributed by atoms with Crippen LogP contribution in [0.5, 0.6) is 0 Å². The quantitative estimate of drug-likeness (QED) is 0.770. The third-order valence-electron chi connectivity index (χ3n) is 3.94. The number of carbonyl (C=O) groups excluding carboxylic acids is 1. The number of likely N-dealkylation sites (tertiary alicyclic amines) is 1. The van der Waals surface area contributed by atoms with Crippen LogP contribution in [0.15, 0.2) is 0 Å². The van der Waals surface area contributed by atoms with Crippen molar-refractivity contribution in [1.82, 2.24) is 15.1 Å².